The van der Waals surface area contributed by atoms with Crippen LogP contribution in [0.1, 0.15) is 62.4 Å². The van der Waals surface area contributed by atoms with Crippen LogP contribution in [0.3, 0.4) is 0 Å². The number of benzene rings is 1. The molecule has 1 aliphatic carbocycles. The van der Waals surface area contributed by atoms with Crippen molar-refractivity contribution in [2.75, 3.05) is 51.2 Å². The largest absolute Gasteiger partial charge is 0.395 e. The van der Waals surface area contributed by atoms with E-state index >= 15 is 0 Å². The molecule has 1 saturated heterocycles. The fraction of sp³-hybridized carbons (Fsp3) is 0.556. The van der Waals surface area contributed by atoms with E-state index in [0.29, 0.717) is 41.1 Å². The fourth-order valence-corrected chi connectivity index (χ4v) is 7.54. The highest BCUT2D eigenvalue weighted by Crippen LogP contribution is 2.54. The highest BCUT2D eigenvalue weighted by Gasteiger charge is 2.45. The molecule has 1 saturated carbocycles. The Bertz CT molecular complexity index is 1520. The Labute approximate surface area is 236 Å². The minimum absolute atomic E-state index is 0.231. The van der Waals surface area contributed by atoms with E-state index in [4.69, 9.17) is 5.11 Å². The van der Waals surface area contributed by atoms with Gasteiger partial charge in [0.1, 0.15) is 11.6 Å². The first-order chi connectivity index (χ1) is 18.7. The molecule has 1 aromatic heterocycles. The first-order valence-electron chi connectivity index (χ1n) is 13.6. The highest BCUT2D eigenvalue weighted by atomic mass is 32.2. The Kier molecular flexibility index (Phi) is 7.28. The van der Waals surface area contributed by atoms with Crippen LogP contribution < -0.4 is 19.2 Å². The molecule has 5 rings (SSSR count). The van der Waals surface area contributed by atoms with Crippen LogP contribution in [0.15, 0.2) is 30.3 Å². The number of carbonyl (C=O) groups is 1. The van der Waals surface area contributed by atoms with Crippen molar-refractivity contribution in [1.82, 2.24) is 4.98 Å². The molecule has 0 bridgehead atoms. The summed E-state index contributed by atoms with van der Waals surface area (Å²) in [5.41, 5.74) is 2.49. The van der Waals surface area contributed by atoms with Gasteiger partial charge in [0.2, 0.25) is 20.0 Å². The first-order valence-corrected chi connectivity index (χ1v) is 16.7. The highest BCUT2D eigenvalue weighted by molar-refractivity contribution is 7.94. The minimum Gasteiger partial charge on any atom is -0.395 e. The normalized spacial score (nSPS) is 18.5. The number of hydrogen-bond donors (Lipinski definition) is 3. The summed E-state index contributed by atoms with van der Waals surface area (Å²) in [5.74, 6) is -0.300. The summed E-state index contributed by atoms with van der Waals surface area (Å²) < 4.78 is 53.6. The van der Waals surface area contributed by atoms with E-state index in [1.165, 1.54) is 23.2 Å². The van der Waals surface area contributed by atoms with E-state index in [1.807, 2.05) is 0 Å². The van der Waals surface area contributed by atoms with Crippen molar-refractivity contribution in [3.63, 3.8) is 0 Å². The van der Waals surface area contributed by atoms with Gasteiger partial charge in [0.25, 0.3) is 5.91 Å². The maximum atomic E-state index is 13.6. The summed E-state index contributed by atoms with van der Waals surface area (Å²) in [6.45, 7) is 6.24. The van der Waals surface area contributed by atoms with Gasteiger partial charge >= 0.3 is 0 Å². The number of nitrogens with zero attached hydrogens (tertiary/aromatic N) is 3. The lowest BCUT2D eigenvalue weighted by Gasteiger charge is -2.35. The van der Waals surface area contributed by atoms with E-state index in [9.17, 15) is 21.6 Å². The van der Waals surface area contributed by atoms with Crippen LogP contribution in [0.5, 0.6) is 0 Å². The van der Waals surface area contributed by atoms with Gasteiger partial charge in [0.15, 0.2) is 0 Å². The van der Waals surface area contributed by atoms with Gasteiger partial charge in [0.05, 0.1) is 34.0 Å². The van der Waals surface area contributed by atoms with Crippen molar-refractivity contribution in [2.45, 2.75) is 57.6 Å². The summed E-state index contributed by atoms with van der Waals surface area (Å²) >= 11 is 0. The number of piperidine rings is 1. The molecule has 3 N–H and O–H groups in total. The molecule has 1 aromatic carbocycles. The van der Waals surface area contributed by atoms with Crippen molar-refractivity contribution in [3.8, 4) is 0 Å². The number of pyridine rings is 1. The molecule has 3 aliphatic rings. The summed E-state index contributed by atoms with van der Waals surface area (Å²) in [4.78, 5) is 20.2. The number of rotatable bonds is 8. The van der Waals surface area contributed by atoms with Crippen molar-refractivity contribution >= 4 is 49.0 Å². The molecule has 0 atom stereocenters. The number of hydrogen-bond acceptors (Lipinski definition) is 8. The van der Waals surface area contributed by atoms with Crippen LogP contribution in [0.4, 0.5) is 23.0 Å². The molecule has 11 nitrogen and oxygen atoms in total. The number of fused-ring (bicyclic) bond motifs is 1. The Hall–Kier alpha value is -2.90. The zero-order valence-corrected chi connectivity index (χ0v) is 24.7. The van der Waals surface area contributed by atoms with Crippen LogP contribution >= 0.6 is 0 Å². The number of amides is 1. The van der Waals surface area contributed by atoms with Gasteiger partial charge in [-0.05, 0) is 88.1 Å². The Morgan fingerprint density at radius 2 is 1.73 bits per heavy atom. The third-order valence-electron chi connectivity index (χ3n) is 8.08. The molecule has 0 unspecified atom stereocenters. The topological polar surface area (TPSA) is 149 Å². The SMILES string of the molecule is CC(C)(C)S(=O)(=O)N1CCc2ccc(NC(=O)c3ccc(NS(=O)(=O)CCO)cc3N3CCC4(CC3)CC4)nc21. The Morgan fingerprint density at radius 3 is 2.35 bits per heavy atom. The van der Waals surface area contributed by atoms with Crippen molar-refractivity contribution < 1.29 is 26.7 Å². The predicted molar refractivity (Wildman–Crippen MR) is 156 cm³/mol. The molecule has 2 aromatic rings. The molecule has 2 aliphatic heterocycles. The fourth-order valence-electron chi connectivity index (χ4n) is 5.33. The maximum Gasteiger partial charge on any atom is 0.258 e. The molecule has 1 amide bonds. The smallest absolute Gasteiger partial charge is 0.258 e. The van der Waals surface area contributed by atoms with Crippen LogP contribution in [0, 0.1) is 5.41 Å². The second kappa shape index (κ2) is 10.2. The molecule has 2 fully saturated rings. The standard InChI is InChI=1S/C27H37N5O6S2/c1-26(2,3)40(37,38)32-13-8-19-4-7-23(28-24(19)32)29-25(34)21-6-5-20(30-39(35,36)17-16-33)18-22(21)31-14-11-27(9-10-27)12-15-31/h4-7,18,30,33H,8-17H2,1-3H3,(H,28,29,34). The second-order valence-corrected chi connectivity index (χ2v) is 16.4. The summed E-state index contributed by atoms with van der Waals surface area (Å²) in [6.07, 6.45) is 5.01. The molecular weight excluding hydrogens is 554 g/mol. The third kappa shape index (κ3) is 5.64. The first kappa shape index (κ1) is 28.6. The molecule has 13 heteroatoms. The number of aliphatic hydroxyl groups is 1. The average molecular weight is 592 g/mol. The molecule has 218 valence electrons. The molecule has 0 radical (unpaired) electrons. The van der Waals surface area contributed by atoms with Gasteiger partial charge in [-0.25, -0.2) is 21.8 Å². The number of aliphatic hydroxyl groups excluding tert-OH is 1. The molecule has 3 heterocycles. The Morgan fingerprint density at radius 1 is 1.02 bits per heavy atom. The van der Waals surface area contributed by atoms with E-state index in [1.54, 1.807) is 45.0 Å². The lowest BCUT2D eigenvalue weighted by atomic mass is 9.93. The van der Waals surface area contributed by atoms with Gasteiger partial charge in [-0.3, -0.25) is 13.8 Å². The summed E-state index contributed by atoms with van der Waals surface area (Å²) in [7, 11) is -7.40. The number of sulfonamides is 2. The number of anilines is 4. The van der Waals surface area contributed by atoms with E-state index in [0.717, 1.165) is 31.5 Å². The van der Waals surface area contributed by atoms with Crippen LogP contribution in [-0.4, -0.2) is 69.6 Å². The number of nitrogens with one attached hydrogen (secondary N) is 2. The number of aromatic nitrogens is 1. The zero-order valence-electron chi connectivity index (χ0n) is 23.1. The lowest BCUT2D eigenvalue weighted by Crippen LogP contribution is -2.42. The van der Waals surface area contributed by atoms with Crippen LogP contribution in [-0.2, 0) is 26.5 Å². The maximum absolute atomic E-state index is 13.6. The van der Waals surface area contributed by atoms with Gasteiger partial charge < -0.3 is 15.3 Å². The van der Waals surface area contributed by atoms with Crippen molar-refractivity contribution in [3.05, 3.63) is 41.5 Å². The summed E-state index contributed by atoms with van der Waals surface area (Å²) in [5, 5.41) is 11.9. The zero-order chi connectivity index (χ0) is 28.9. The lowest BCUT2D eigenvalue weighted by molar-refractivity contribution is 0.102. The van der Waals surface area contributed by atoms with Gasteiger partial charge in [0, 0.05) is 19.6 Å². The van der Waals surface area contributed by atoms with Crippen molar-refractivity contribution in [1.29, 1.82) is 0 Å². The van der Waals surface area contributed by atoms with Gasteiger partial charge in [-0.2, -0.15) is 0 Å². The quantitative estimate of drug-likeness (QED) is 0.424. The van der Waals surface area contributed by atoms with Crippen molar-refractivity contribution in [2.24, 2.45) is 5.41 Å². The van der Waals surface area contributed by atoms with Gasteiger partial charge in [-0.1, -0.05) is 6.07 Å². The Balaban J connectivity index is 1.43. The van der Waals surface area contributed by atoms with E-state index in [2.05, 4.69) is 19.9 Å². The molecule has 40 heavy (non-hydrogen) atoms. The van der Waals surface area contributed by atoms with Crippen LogP contribution in [0.25, 0.3) is 0 Å². The van der Waals surface area contributed by atoms with Gasteiger partial charge in [-0.15, -0.1) is 0 Å². The monoisotopic (exact) mass is 591 g/mol. The molecule has 1 spiro atoms. The van der Waals surface area contributed by atoms with E-state index in [-0.39, 0.29) is 5.82 Å². The number of carbonyl (C=O) groups excluding carboxylic acids is 1. The molecular formula is C27H37N5O6S2. The summed E-state index contributed by atoms with van der Waals surface area (Å²) in [6, 6.07) is 8.21. The minimum atomic E-state index is -3.74. The average Bonchev–Trinajstić information content (AvgIpc) is 3.48. The third-order valence-corrected chi connectivity index (χ3v) is 11.8. The second-order valence-electron chi connectivity index (χ2n) is 11.9. The van der Waals surface area contributed by atoms with E-state index < -0.39 is 43.1 Å². The van der Waals surface area contributed by atoms with Crippen LogP contribution in [0.2, 0.25) is 0 Å². The predicted octanol–water partition coefficient (Wildman–Crippen LogP) is 2.94.